The Bertz CT molecular complexity index is 628. The molecule has 0 aliphatic rings. The predicted molar refractivity (Wildman–Crippen MR) is 81.3 cm³/mol. The minimum absolute atomic E-state index is 0.0465. The molecule has 1 unspecified atom stereocenters. The fraction of sp³-hybridized carbons (Fsp3) is 0.250. The number of amides is 1. The van der Waals surface area contributed by atoms with E-state index in [1.54, 1.807) is 31.4 Å². The Balaban J connectivity index is 1.84. The Morgan fingerprint density at radius 2 is 1.95 bits per heavy atom. The zero-order valence-electron chi connectivity index (χ0n) is 12.4. The highest BCUT2D eigenvalue weighted by molar-refractivity contribution is 5.94. The Labute approximate surface area is 128 Å². The first-order chi connectivity index (χ1) is 10.6. The molecule has 0 radical (unpaired) electrons. The summed E-state index contributed by atoms with van der Waals surface area (Å²) in [7, 11) is 1.60. The van der Waals surface area contributed by atoms with Crippen LogP contribution in [0.15, 0.2) is 42.7 Å². The Morgan fingerprint density at radius 3 is 2.59 bits per heavy atom. The highest BCUT2D eigenvalue weighted by Gasteiger charge is 2.11. The topological polar surface area (TPSA) is 80.7 Å². The van der Waals surface area contributed by atoms with Gasteiger partial charge in [0.2, 0.25) is 0 Å². The van der Waals surface area contributed by atoms with Crippen molar-refractivity contribution < 1.29 is 19.4 Å². The predicted octanol–water partition coefficient (Wildman–Crippen LogP) is 1.99. The normalized spacial score (nSPS) is 11.5. The van der Waals surface area contributed by atoms with Crippen molar-refractivity contribution in [1.82, 2.24) is 10.3 Å². The molecule has 0 aliphatic heterocycles. The van der Waals surface area contributed by atoms with Crippen molar-refractivity contribution in [3.8, 4) is 17.2 Å². The van der Waals surface area contributed by atoms with Crippen LogP contribution in [-0.4, -0.2) is 35.8 Å². The van der Waals surface area contributed by atoms with Gasteiger partial charge >= 0.3 is 0 Å². The van der Waals surface area contributed by atoms with Gasteiger partial charge in [-0.25, -0.2) is 0 Å². The summed E-state index contributed by atoms with van der Waals surface area (Å²) < 4.78 is 10.7. The molecule has 0 saturated heterocycles. The first-order valence-electron chi connectivity index (χ1n) is 6.80. The molecule has 2 rings (SSSR count). The van der Waals surface area contributed by atoms with Gasteiger partial charge in [0.25, 0.3) is 5.91 Å². The molecule has 0 spiro atoms. The lowest BCUT2D eigenvalue weighted by Crippen LogP contribution is -2.36. The highest BCUT2D eigenvalue weighted by atomic mass is 16.5. The average Bonchev–Trinajstić information content (AvgIpc) is 2.53. The van der Waals surface area contributed by atoms with E-state index in [4.69, 9.17) is 9.47 Å². The van der Waals surface area contributed by atoms with E-state index in [9.17, 15) is 9.90 Å². The molecule has 1 heterocycles. The summed E-state index contributed by atoms with van der Waals surface area (Å²) in [6, 6.07) is 8.36. The van der Waals surface area contributed by atoms with Crippen molar-refractivity contribution in [2.75, 3.05) is 13.7 Å². The van der Waals surface area contributed by atoms with Crippen molar-refractivity contribution in [3.63, 3.8) is 0 Å². The zero-order valence-corrected chi connectivity index (χ0v) is 12.4. The average molecular weight is 302 g/mol. The number of methoxy groups -OCH3 is 1. The molecular formula is C16H18N2O4. The molecule has 2 aromatic rings. The molecule has 6 heteroatoms. The van der Waals surface area contributed by atoms with Gasteiger partial charge < -0.3 is 19.9 Å². The molecule has 0 fully saturated rings. The molecule has 22 heavy (non-hydrogen) atoms. The van der Waals surface area contributed by atoms with E-state index in [1.165, 1.54) is 18.5 Å². The summed E-state index contributed by atoms with van der Waals surface area (Å²) in [5, 5.41) is 12.1. The minimum Gasteiger partial charge on any atom is -0.506 e. The van der Waals surface area contributed by atoms with Crippen LogP contribution in [0, 0.1) is 0 Å². The number of hydrogen-bond donors (Lipinski definition) is 2. The van der Waals surface area contributed by atoms with Gasteiger partial charge in [-0.3, -0.25) is 9.78 Å². The van der Waals surface area contributed by atoms with Crippen LogP contribution in [0.4, 0.5) is 0 Å². The minimum atomic E-state index is -0.311. The second-order valence-electron chi connectivity index (χ2n) is 4.79. The summed E-state index contributed by atoms with van der Waals surface area (Å²) >= 11 is 0. The van der Waals surface area contributed by atoms with Gasteiger partial charge in [-0.05, 0) is 37.3 Å². The van der Waals surface area contributed by atoms with Crippen LogP contribution in [0.5, 0.6) is 17.2 Å². The van der Waals surface area contributed by atoms with Crippen molar-refractivity contribution in [3.05, 3.63) is 48.3 Å². The monoisotopic (exact) mass is 302 g/mol. The van der Waals surface area contributed by atoms with Gasteiger partial charge in [0.05, 0.1) is 24.9 Å². The van der Waals surface area contributed by atoms with Gasteiger partial charge in [-0.2, -0.15) is 0 Å². The Hall–Kier alpha value is -2.76. The maximum absolute atomic E-state index is 12.0. The Kier molecular flexibility index (Phi) is 5.19. The molecular weight excluding hydrogens is 284 g/mol. The van der Waals surface area contributed by atoms with Crippen LogP contribution in [-0.2, 0) is 0 Å². The molecule has 0 bridgehead atoms. The number of carbonyl (C=O) groups excluding carboxylic acids is 1. The van der Waals surface area contributed by atoms with Crippen molar-refractivity contribution in [2.45, 2.75) is 13.0 Å². The fourth-order valence-electron chi connectivity index (χ4n) is 1.79. The van der Waals surface area contributed by atoms with Crippen LogP contribution in [0.1, 0.15) is 17.3 Å². The summed E-state index contributed by atoms with van der Waals surface area (Å²) in [5.74, 6) is 1.09. The van der Waals surface area contributed by atoms with E-state index in [0.717, 1.165) is 5.75 Å². The number of ether oxygens (including phenoxy) is 2. The third-order valence-electron chi connectivity index (χ3n) is 2.92. The van der Waals surface area contributed by atoms with E-state index in [0.29, 0.717) is 17.9 Å². The lowest BCUT2D eigenvalue weighted by molar-refractivity contribution is 0.0926. The number of carbonyl (C=O) groups is 1. The quantitative estimate of drug-likeness (QED) is 0.853. The molecule has 0 saturated carbocycles. The molecule has 116 valence electrons. The lowest BCUT2D eigenvalue weighted by atomic mass is 10.2. The lowest BCUT2D eigenvalue weighted by Gasteiger charge is -2.15. The summed E-state index contributed by atoms with van der Waals surface area (Å²) in [6.45, 7) is 2.15. The number of rotatable bonds is 6. The molecule has 2 N–H and O–H groups in total. The first-order valence-corrected chi connectivity index (χ1v) is 6.80. The largest absolute Gasteiger partial charge is 0.506 e. The molecule has 1 aromatic heterocycles. The smallest absolute Gasteiger partial charge is 0.253 e. The van der Waals surface area contributed by atoms with Crippen molar-refractivity contribution in [1.29, 1.82) is 0 Å². The van der Waals surface area contributed by atoms with E-state index >= 15 is 0 Å². The summed E-state index contributed by atoms with van der Waals surface area (Å²) in [4.78, 5) is 15.7. The van der Waals surface area contributed by atoms with Crippen LogP contribution in [0.3, 0.4) is 0 Å². The van der Waals surface area contributed by atoms with Crippen molar-refractivity contribution in [2.24, 2.45) is 0 Å². The van der Waals surface area contributed by atoms with Crippen LogP contribution in [0.25, 0.3) is 0 Å². The van der Waals surface area contributed by atoms with Gasteiger partial charge in [-0.15, -0.1) is 0 Å². The van der Waals surface area contributed by atoms with E-state index in [-0.39, 0.29) is 17.7 Å². The highest BCUT2D eigenvalue weighted by Crippen LogP contribution is 2.17. The summed E-state index contributed by atoms with van der Waals surface area (Å²) in [5.41, 5.74) is 0.302. The maximum Gasteiger partial charge on any atom is 0.253 e. The standard InChI is InChI=1S/C16H18N2O4/c1-11(10-22-15-5-3-14(21-2)4-6-15)18-16(20)12-7-13(19)9-17-8-12/h3-9,11,19H,10H2,1-2H3,(H,18,20). The van der Waals surface area contributed by atoms with E-state index in [2.05, 4.69) is 10.3 Å². The zero-order chi connectivity index (χ0) is 15.9. The number of benzene rings is 1. The van der Waals surface area contributed by atoms with Gasteiger partial charge in [0.15, 0.2) is 0 Å². The first kappa shape index (κ1) is 15.6. The fourth-order valence-corrected chi connectivity index (χ4v) is 1.79. The Morgan fingerprint density at radius 1 is 1.27 bits per heavy atom. The molecule has 6 nitrogen and oxygen atoms in total. The number of aromatic nitrogens is 1. The van der Waals surface area contributed by atoms with E-state index < -0.39 is 0 Å². The molecule has 1 atom stereocenters. The maximum atomic E-state index is 12.0. The van der Waals surface area contributed by atoms with Gasteiger partial charge in [0.1, 0.15) is 23.9 Å². The third-order valence-corrected chi connectivity index (χ3v) is 2.92. The second kappa shape index (κ2) is 7.31. The van der Waals surface area contributed by atoms with Gasteiger partial charge in [0, 0.05) is 6.20 Å². The number of aromatic hydroxyl groups is 1. The molecule has 1 amide bonds. The SMILES string of the molecule is COc1ccc(OCC(C)NC(=O)c2cncc(O)c2)cc1. The third kappa shape index (κ3) is 4.37. The molecule has 1 aromatic carbocycles. The van der Waals surface area contributed by atoms with Crippen LogP contribution in [0.2, 0.25) is 0 Å². The van der Waals surface area contributed by atoms with Gasteiger partial charge in [-0.1, -0.05) is 0 Å². The number of nitrogens with one attached hydrogen (secondary N) is 1. The van der Waals surface area contributed by atoms with E-state index in [1.807, 2.05) is 6.92 Å². The number of nitrogens with zero attached hydrogens (tertiary/aromatic N) is 1. The molecule has 0 aliphatic carbocycles. The summed E-state index contributed by atoms with van der Waals surface area (Å²) in [6.07, 6.45) is 2.67. The second-order valence-corrected chi connectivity index (χ2v) is 4.79. The van der Waals surface area contributed by atoms with Crippen LogP contribution < -0.4 is 14.8 Å². The van der Waals surface area contributed by atoms with Crippen molar-refractivity contribution >= 4 is 5.91 Å². The number of pyridine rings is 1. The van der Waals surface area contributed by atoms with Crippen LogP contribution >= 0.6 is 0 Å². The number of hydrogen-bond acceptors (Lipinski definition) is 5.